The van der Waals surface area contributed by atoms with Crippen LogP contribution in [0.5, 0.6) is 0 Å². The number of carbonyl (C=O) groups excluding carboxylic acids is 1. The van der Waals surface area contributed by atoms with E-state index in [1.54, 1.807) is 11.0 Å². The van der Waals surface area contributed by atoms with Crippen LogP contribution in [0.4, 0.5) is 0 Å². The van der Waals surface area contributed by atoms with Crippen molar-refractivity contribution in [2.45, 2.75) is 23.5 Å². The second kappa shape index (κ2) is 7.32. The number of imidazole rings is 1. The second-order valence-corrected chi connectivity index (χ2v) is 8.12. The van der Waals surface area contributed by atoms with Crippen LogP contribution in [0.3, 0.4) is 0 Å². The minimum absolute atomic E-state index is 0.0293. The van der Waals surface area contributed by atoms with E-state index in [-0.39, 0.29) is 16.6 Å². The van der Waals surface area contributed by atoms with Crippen LogP contribution in [0.2, 0.25) is 0 Å². The molecule has 1 aliphatic heterocycles. The lowest BCUT2D eigenvalue weighted by Gasteiger charge is -2.26. The van der Waals surface area contributed by atoms with Gasteiger partial charge in [0.15, 0.2) is 5.16 Å². The number of carbonyl (C=O) groups is 1. The van der Waals surface area contributed by atoms with Gasteiger partial charge in [-0.15, -0.1) is 0 Å². The molecule has 0 bridgehead atoms. The van der Waals surface area contributed by atoms with Gasteiger partial charge in [0, 0.05) is 19.6 Å². The Morgan fingerprint density at radius 2 is 2.08 bits per heavy atom. The smallest absolute Gasteiger partial charge is 0.238 e. The molecule has 10 heteroatoms. The van der Waals surface area contributed by atoms with Crippen LogP contribution in [-0.4, -0.2) is 60.8 Å². The maximum absolute atomic E-state index is 12.3. The molecule has 0 radical (unpaired) electrons. The zero-order valence-corrected chi connectivity index (χ0v) is 15.5. The molecule has 1 saturated heterocycles. The largest absolute Gasteiger partial charge is 0.378 e. The molecule has 3 rings (SSSR count). The molecule has 1 aliphatic rings. The van der Waals surface area contributed by atoms with Gasteiger partial charge in [-0.05, 0) is 25.1 Å². The highest BCUT2D eigenvalue weighted by Crippen LogP contribution is 2.26. The van der Waals surface area contributed by atoms with Crippen LogP contribution in [0, 0.1) is 0 Å². The zero-order chi connectivity index (χ0) is 18.0. The first-order valence-electron chi connectivity index (χ1n) is 7.91. The molecular weight excluding hydrogens is 364 g/mol. The quantitative estimate of drug-likeness (QED) is 0.759. The molecule has 1 fully saturated rings. The second-order valence-electron chi connectivity index (χ2n) is 5.62. The van der Waals surface area contributed by atoms with Crippen LogP contribution >= 0.6 is 11.8 Å². The van der Waals surface area contributed by atoms with E-state index in [9.17, 15) is 13.2 Å². The standard InChI is InChI=1S/C15H20N4O4S2/c1-2-19-13-4-3-11(25(16,21)22)9-12(13)17-15(19)24-10-14(20)18-5-7-23-8-6-18/h3-4,9H,2,5-8,10H2,1H3,(H2,16,21,22). The first-order chi connectivity index (χ1) is 11.9. The molecule has 0 aliphatic carbocycles. The third-order valence-electron chi connectivity index (χ3n) is 4.02. The van der Waals surface area contributed by atoms with Gasteiger partial charge in [-0.25, -0.2) is 18.5 Å². The van der Waals surface area contributed by atoms with Crippen molar-refractivity contribution in [2.75, 3.05) is 32.1 Å². The Labute approximate surface area is 150 Å². The number of ether oxygens (including phenoxy) is 1. The SMILES string of the molecule is CCn1c(SCC(=O)N2CCOCC2)nc2cc(S(N)(=O)=O)ccc21. The van der Waals surface area contributed by atoms with Gasteiger partial charge in [-0.2, -0.15) is 0 Å². The molecule has 0 spiro atoms. The molecule has 2 aromatic rings. The number of amides is 1. The lowest BCUT2D eigenvalue weighted by atomic mass is 10.3. The van der Waals surface area contributed by atoms with Gasteiger partial charge in [0.2, 0.25) is 15.9 Å². The van der Waals surface area contributed by atoms with E-state index in [0.717, 1.165) is 5.52 Å². The highest BCUT2D eigenvalue weighted by molar-refractivity contribution is 7.99. The number of aromatic nitrogens is 2. The summed E-state index contributed by atoms with van der Waals surface area (Å²) >= 11 is 1.35. The summed E-state index contributed by atoms with van der Waals surface area (Å²) in [5.41, 5.74) is 1.37. The van der Waals surface area contributed by atoms with Crippen LogP contribution < -0.4 is 5.14 Å². The summed E-state index contributed by atoms with van der Waals surface area (Å²) in [6.07, 6.45) is 0. The molecule has 1 aromatic carbocycles. The lowest BCUT2D eigenvalue weighted by Crippen LogP contribution is -2.41. The van der Waals surface area contributed by atoms with Crippen molar-refractivity contribution < 1.29 is 17.9 Å². The summed E-state index contributed by atoms with van der Waals surface area (Å²) in [7, 11) is -3.77. The van der Waals surface area contributed by atoms with E-state index in [0.29, 0.717) is 43.5 Å². The molecule has 2 N–H and O–H groups in total. The predicted molar refractivity (Wildman–Crippen MR) is 94.9 cm³/mol. The number of hydrogen-bond acceptors (Lipinski definition) is 6. The summed E-state index contributed by atoms with van der Waals surface area (Å²) in [6.45, 7) is 5.00. The fourth-order valence-electron chi connectivity index (χ4n) is 2.71. The minimum Gasteiger partial charge on any atom is -0.378 e. The molecule has 2 heterocycles. The average molecular weight is 384 g/mol. The topological polar surface area (TPSA) is 108 Å². The highest BCUT2D eigenvalue weighted by atomic mass is 32.2. The van der Waals surface area contributed by atoms with Gasteiger partial charge in [0.1, 0.15) is 0 Å². The van der Waals surface area contributed by atoms with Gasteiger partial charge in [-0.3, -0.25) is 4.79 Å². The molecule has 25 heavy (non-hydrogen) atoms. The lowest BCUT2D eigenvalue weighted by molar-refractivity contribution is -0.132. The van der Waals surface area contributed by atoms with Crippen molar-refractivity contribution in [3.05, 3.63) is 18.2 Å². The number of thioether (sulfide) groups is 1. The summed E-state index contributed by atoms with van der Waals surface area (Å²) in [5.74, 6) is 0.332. The Hall–Kier alpha value is -1.62. The summed E-state index contributed by atoms with van der Waals surface area (Å²) in [6, 6.07) is 4.63. The predicted octanol–water partition coefficient (Wildman–Crippen LogP) is 0.655. The molecule has 0 saturated carbocycles. The van der Waals surface area contributed by atoms with Crippen molar-refractivity contribution in [1.29, 1.82) is 0 Å². The van der Waals surface area contributed by atoms with Crippen molar-refractivity contribution in [3.8, 4) is 0 Å². The molecular formula is C15H20N4O4S2. The number of fused-ring (bicyclic) bond motifs is 1. The Morgan fingerprint density at radius 1 is 1.36 bits per heavy atom. The molecule has 8 nitrogen and oxygen atoms in total. The number of morpholine rings is 1. The summed E-state index contributed by atoms with van der Waals surface area (Å²) in [4.78, 5) is 18.6. The number of benzene rings is 1. The van der Waals surface area contributed by atoms with Crippen molar-refractivity contribution in [1.82, 2.24) is 14.5 Å². The summed E-state index contributed by atoms with van der Waals surface area (Å²) in [5, 5.41) is 5.86. The molecule has 1 amide bonds. The molecule has 0 unspecified atom stereocenters. The highest BCUT2D eigenvalue weighted by Gasteiger charge is 2.19. The van der Waals surface area contributed by atoms with Crippen molar-refractivity contribution in [3.63, 3.8) is 0 Å². The number of rotatable bonds is 5. The minimum atomic E-state index is -3.77. The Balaban J connectivity index is 1.81. The first kappa shape index (κ1) is 18.2. The Kier molecular flexibility index (Phi) is 5.32. The number of nitrogens with two attached hydrogens (primary N) is 1. The van der Waals surface area contributed by atoms with E-state index >= 15 is 0 Å². The van der Waals surface area contributed by atoms with Gasteiger partial charge < -0.3 is 14.2 Å². The third kappa shape index (κ3) is 3.97. The zero-order valence-electron chi connectivity index (χ0n) is 13.8. The normalized spacial score (nSPS) is 15.7. The molecule has 1 aromatic heterocycles. The van der Waals surface area contributed by atoms with Crippen LogP contribution in [0.15, 0.2) is 28.3 Å². The molecule has 136 valence electrons. The number of nitrogens with zero attached hydrogens (tertiary/aromatic N) is 3. The van der Waals surface area contributed by atoms with Gasteiger partial charge in [-0.1, -0.05) is 11.8 Å². The van der Waals surface area contributed by atoms with Crippen LogP contribution in [0.1, 0.15) is 6.92 Å². The van der Waals surface area contributed by atoms with Gasteiger partial charge >= 0.3 is 0 Å². The van der Waals surface area contributed by atoms with Gasteiger partial charge in [0.25, 0.3) is 0 Å². The monoisotopic (exact) mass is 384 g/mol. The number of hydrogen-bond donors (Lipinski definition) is 1. The Morgan fingerprint density at radius 3 is 2.72 bits per heavy atom. The fourth-order valence-corrected chi connectivity index (χ4v) is 4.23. The van der Waals surface area contributed by atoms with Gasteiger partial charge in [0.05, 0.1) is 34.9 Å². The average Bonchev–Trinajstić information content (AvgIpc) is 2.96. The number of aryl methyl sites for hydroxylation is 1. The molecule has 0 atom stereocenters. The summed E-state index contributed by atoms with van der Waals surface area (Å²) < 4.78 is 30.2. The van der Waals surface area contributed by atoms with Crippen LogP contribution in [-0.2, 0) is 26.1 Å². The van der Waals surface area contributed by atoms with E-state index in [1.165, 1.54) is 23.9 Å². The van der Waals surface area contributed by atoms with E-state index < -0.39 is 10.0 Å². The van der Waals surface area contributed by atoms with E-state index in [1.807, 2.05) is 11.5 Å². The fraction of sp³-hybridized carbons (Fsp3) is 0.467. The number of sulfonamides is 1. The van der Waals surface area contributed by atoms with E-state index in [2.05, 4.69) is 4.98 Å². The van der Waals surface area contributed by atoms with Crippen molar-refractivity contribution >= 4 is 38.7 Å². The Bertz CT molecular complexity index is 888. The van der Waals surface area contributed by atoms with Crippen LogP contribution in [0.25, 0.3) is 11.0 Å². The number of primary sulfonamides is 1. The third-order valence-corrected chi connectivity index (χ3v) is 5.89. The van der Waals surface area contributed by atoms with E-state index in [4.69, 9.17) is 9.88 Å². The first-order valence-corrected chi connectivity index (χ1v) is 10.4. The van der Waals surface area contributed by atoms with Crippen molar-refractivity contribution in [2.24, 2.45) is 5.14 Å². The maximum Gasteiger partial charge on any atom is 0.238 e. The maximum atomic E-state index is 12.3.